The predicted molar refractivity (Wildman–Crippen MR) is 74.6 cm³/mol. The Labute approximate surface area is 111 Å². The Bertz CT molecular complexity index is 350. The van der Waals surface area contributed by atoms with Gasteiger partial charge in [0.05, 0.1) is 5.75 Å². The zero-order chi connectivity index (χ0) is 13.0. The molecule has 0 unspecified atom stereocenters. The van der Waals surface area contributed by atoms with E-state index in [2.05, 4.69) is 9.80 Å². The summed E-state index contributed by atoms with van der Waals surface area (Å²) < 4.78 is 22.4. The summed E-state index contributed by atoms with van der Waals surface area (Å²) in [5.74, 6) is 0.302. The minimum absolute atomic E-state index is 0.302. The number of nitrogens with zero attached hydrogens (tertiary/aromatic N) is 2. The van der Waals surface area contributed by atoms with Gasteiger partial charge in [-0.3, -0.25) is 4.90 Å². The second kappa shape index (κ2) is 6.35. The quantitative estimate of drug-likeness (QED) is 0.766. The van der Waals surface area contributed by atoms with E-state index < -0.39 is 9.84 Å². The fourth-order valence-electron chi connectivity index (χ4n) is 3.14. The average molecular weight is 274 g/mol. The lowest BCUT2D eigenvalue weighted by Gasteiger charge is -2.27. The van der Waals surface area contributed by atoms with Gasteiger partial charge in [0.15, 0.2) is 0 Å². The molecule has 2 fully saturated rings. The SMILES string of the molecule is CS(=O)(=O)CCN1CCCN(C2CCCC2)CC1. The van der Waals surface area contributed by atoms with Gasteiger partial charge in [0, 0.05) is 31.9 Å². The Balaban J connectivity index is 1.77. The topological polar surface area (TPSA) is 40.6 Å². The molecule has 0 aromatic carbocycles. The molecule has 2 aliphatic rings. The smallest absolute Gasteiger partial charge is 0.148 e. The molecule has 1 aliphatic carbocycles. The maximum absolute atomic E-state index is 11.2. The van der Waals surface area contributed by atoms with Crippen LogP contribution in [0, 0.1) is 0 Å². The number of sulfone groups is 1. The fraction of sp³-hybridized carbons (Fsp3) is 1.00. The van der Waals surface area contributed by atoms with E-state index in [1.165, 1.54) is 44.9 Å². The summed E-state index contributed by atoms with van der Waals surface area (Å²) in [7, 11) is -2.82. The van der Waals surface area contributed by atoms with Crippen molar-refractivity contribution in [1.82, 2.24) is 9.80 Å². The molecule has 1 saturated heterocycles. The van der Waals surface area contributed by atoms with E-state index in [9.17, 15) is 8.42 Å². The Kier molecular flexibility index (Phi) is 5.04. The van der Waals surface area contributed by atoms with Crippen molar-refractivity contribution in [1.29, 1.82) is 0 Å². The van der Waals surface area contributed by atoms with Gasteiger partial charge in [-0.15, -0.1) is 0 Å². The van der Waals surface area contributed by atoms with Crippen molar-refractivity contribution in [3.63, 3.8) is 0 Å². The molecule has 0 aromatic rings. The first kappa shape index (κ1) is 14.3. The van der Waals surface area contributed by atoms with Gasteiger partial charge in [0.25, 0.3) is 0 Å². The van der Waals surface area contributed by atoms with Crippen LogP contribution in [0.4, 0.5) is 0 Å². The molecule has 0 radical (unpaired) electrons. The standard InChI is InChI=1S/C13H26N2O2S/c1-18(16,17)12-11-14-7-4-8-15(10-9-14)13-5-2-3-6-13/h13H,2-12H2,1H3. The first-order chi connectivity index (χ1) is 8.54. The van der Waals surface area contributed by atoms with E-state index >= 15 is 0 Å². The predicted octanol–water partition coefficient (Wildman–Crippen LogP) is 0.981. The van der Waals surface area contributed by atoms with Crippen LogP contribution in [0.15, 0.2) is 0 Å². The van der Waals surface area contributed by atoms with E-state index in [1.807, 2.05) is 0 Å². The highest BCUT2D eigenvalue weighted by molar-refractivity contribution is 7.90. The zero-order valence-electron chi connectivity index (χ0n) is 11.5. The molecule has 0 atom stereocenters. The minimum Gasteiger partial charge on any atom is -0.301 e. The summed E-state index contributed by atoms with van der Waals surface area (Å²) >= 11 is 0. The summed E-state index contributed by atoms with van der Waals surface area (Å²) in [6, 6.07) is 0.805. The van der Waals surface area contributed by atoms with Crippen molar-refractivity contribution in [3.8, 4) is 0 Å². The molecule has 1 saturated carbocycles. The number of rotatable bonds is 4. The van der Waals surface area contributed by atoms with Crippen LogP contribution in [-0.2, 0) is 9.84 Å². The highest BCUT2D eigenvalue weighted by Gasteiger charge is 2.24. The molecule has 106 valence electrons. The summed E-state index contributed by atoms with van der Waals surface area (Å²) in [6.07, 6.45) is 8.01. The molecule has 18 heavy (non-hydrogen) atoms. The van der Waals surface area contributed by atoms with E-state index in [-0.39, 0.29) is 0 Å². The molecule has 5 heteroatoms. The van der Waals surface area contributed by atoms with Gasteiger partial charge in [-0.1, -0.05) is 12.8 Å². The monoisotopic (exact) mass is 274 g/mol. The lowest BCUT2D eigenvalue weighted by molar-refractivity contribution is 0.201. The molecule has 0 bridgehead atoms. The van der Waals surface area contributed by atoms with Crippen LogP contribution in [-0.4, -0.2) is 69.0 Å². The van der Waals surface area contributed by atoms with Crippen LogP contribution in [0.1, 0.15) is 32.1 Å². The van der Waals surface area contributed by atoms with Crippen molar-refractivity contribution in [3.05, 3.63) is 0 Å². The van der Waals surface area contributed by atoms with Crippen LogP contribution >= 0.6 is 0 Å². The average Bonchev–Trinajstić information content (AvgIpc) is 2.72. The van der Waals surface area contributed by atoms with Gasteiger partial charge in [-0.25, -0.2) is 8.42 Å². The highest BCUT2D eigenvalue weighted by Crippen LogP contribution is 2.24. The van der Waals surface area contributed by atoms with E-state index in [0.29, 0.717) is 12.3 Å². The fourth-order valence-corrected chi connectivity index (χ4v) is 3.73. The van der Waals surface area contributed by atoms with Crippen LogP contribution in [0.25, 0.3) is 0 Å². The van der Waals surface area contributed by atoms with Crippen molar-refractivity contribution >= 4 is 9.84 Å². The molecule has 2 rings (SSSR count). The van der Waals surface area contributed by atoms with Crippen LogP contribution in [0.3, 0.4) is 0 Å². The van der Waals surface area contributed by atoms with E-state index in [4.69, 9.17) is 0 Å². The summed E-state index contributed by atoms with van der Waals surface area (Å²) in [5.41, 5.74) is 0. The summed E-state index contributed by atoms with van der Waals surface area (Å²) in [4.78, 5) is 4.95. The lowest BCUT2D eigenvalue weighted by atomic mass is 10.2. The number of hydrogen-bond acceptors (Lipinski definition) is 4. The molecular weight excluding hydrogens is 248 g/mol. The third kappa shape index (κ3) is 4.52. The van der Waals surface area contributed by atoms with Crippen LogP contribution < -0.4 is 0 Å². The first-order valence-electron chi connectivity index (χ1n) is 7.19. The van der Waals surface area contributed by atoms with E-state index in [1.54, 1.807) is 0 Å². The van der Waals surface area contributed by atoms with Gasteiger partial charge in [0.2, 0.25) is 0 Å². The largest absolute Gasteiger partial charge is 0.301 e. The van der Waals surface area contributed by atoms with Gasteiger partial charge in [-0.05, 0) is 32.4 Å². The van der Waals surface area contributed by atoms with Crippen molar-refractivity contribution in [2.45, 2.75) is 38.1 Å². The molecule has 1 heterocycles. The zero-order valence-corrected chi connectivity index (χ0v) is 12.3. The highest BCUT2D eigenvalue weighted by atomic mass is 32.2. The Morgan fingerprint density at radius 3 is 2.39 bits per heavy atom. The summed E-state index contributed by atoms with van der Waals surface area (Å²) in [6.45, 7) is 5.11. The lowest BCUT2D eigenvalue weighted by Crippen LogP contribution is -2.37. The second-order valence-electron chi connectivity index (χ2n) is 5.80. The normalized spacial score (nSPS) is 25.4. The third-order valence-corrected chi connectivity index (χ3v) is 5.17. The van der Waals surface area contributed by atoms with Gasteiger partial charge in [0.1, 0.15) is 9.84 Å². The maximum Gasteiger partial charge on any atom is 0.148 e. The van der Waals surface area contributed by atoms with Gasteiger partial charge in [-0.2, -0.15) is 0 Å². The van der Waals surface area contributed by atoms with Crippen molar-refractivity contribution in [2.75, 3.05) is 44.7 Å². The van der Waals surface area contributed by atoms with Crippen LogP contribution in [0.2, 0.25) is 0 Å². The molecular formula is C13H26N2O2S. The molecule has 1 aliphatic heterocycles. The Hall–Kier alpha value is -0.130. The Morgan fingerprint density at radius 2 is 1.72 bits per heavy atom. The first-order valence-corrected chi connectivity index (χ1v) is 9.25. The second-order valence-corrected chi connectivity index (χ2v) is 8.06. The minimum atomic E-state index is -2.82. The molecule has 4 nitrogen and oxygen atoms in total. The van der Waals surface area contributed by atoms with Gasteiger partial charge >= 0.3 is 0 Å². The van der Waals surface area contributed by atoms with Gasteiger partial charge < -0.3 is 4.90 Å². The van der Waals surface area contributed by atoms with Crippen molar-refractivity contribution < 1.29 is 8.42 Å². The van der Waals surface area contributed by atoms with E-state index in [0.717, 1.165) is 25.7 Å². The number of hydrogen-bond donors (Lipinski definition) is 0. The molecule has 0 aromatic heterocycles. The molecule has 0 N–H and O–H groups in total. The summed E-state index contributed by atoms with van der Waals surface area (Å²) in [5, 5.41) is 0. The molecule has 0 spiro atoms. The van der Waals surface area contributed by atoms with Crippen molar-refractivity contribution in [2.24, 2.45) is 0 Å². The third-order valence-electron chi connectivity index (χ3n) is 4.24. The maximum atomic E-state index is 11.2. The van der Waals surface area contributed by atoms with Crippen LogP contribution in [0.5, 0.6) is 0 Å². The Morgan fingerprint density at radius 1 is 1.00 bits per heavy atom. The molecule has 0 amide bonds.